The molecule has 2 aromatic carbocycles. The van der Waals surface area contributed by atoms with Crippen LogP contribution in [0, 0.1) is 0 Å². The number of para-hydroxylation sites is 1. The molecule has 0 N–H and O–H groups in total. The van der Waals surface area contributed by atoms with E-state index < -0.39 is 0 Å². The quantitative estimate of drug-likeness (QED) is 0.267. The van der Waals surface area contributed by atoms with Crippen LogP contribution in [0.1, 0.15) is 0 Å². The van der Waals surface area contributed by atoms with E-state index in [0.29, 0.717) is 0 Å². The van der Waals surface area contributed by atoms with Gasteiger partial charge in [0.2, 0.25) is 0 Å². The molecule has 7 rings (SSSR count). The topological polar surface area (TPSA) is 56.5 Å². The van der Waals surface area contributed by atoms with Gasteiger partial charge in [-0.2, -0.15) is 0 Å². The van der Waals surface area contributed by atoms with Crippen LogP contribution in [0.3, 0.4) is 0 Å². The number of pyridine rings is 4. The number of aromatic nitrogens is 5. The van der Waals surface area contributed by atoms with Crippen molar-refractivity contribution in [3.05, 3.63) is 128 Å². The molecule has 0 radical (unpaired) electrons. The molecule has 0 aliphatic heterocycles. The summed E-state index contributed by atoms with van der Waals surface area (Å²) in [4.78, 5) is 19.2. The maximum Gasteiger partial charge on any atom is 0.138 e. The van der Waals surface area contributed by atoms with Gasteiger partial charge in [0.25, 0.3) is 0 Å². The van der Waals surface area contributed by atoms with Crippen molar-refractivity contribution in [2.75, 3.05) is 0 Å². The van der Waals surface area contributed by atoms with Gasteiger partial charge in [0.15, 0.2) is 0 Å². The van der Waals surface area contributed by atoms with Crippen LogP contribution in [-0.4, -0.2) is 24.5 Å². The predicted molar refractivity (Wildman–Crippen MR) is 148 cm³/mol. The second kappa shape index (κ2) is 8.81. The highest BCUT2D eigenvalue weighted by atomic mass is 15.1. The van der Waals surface area contributed by atoms with Crippen molar-refractivity contribution in [3.63, 3.8) is 0 Å². The molecule has 5 heterocycles. The zero-order valence-corrected chi connectivity index (χ0v) is 19.9. The molecule has 7 aromatic rings. The Kier molecular flexibility index (Phi) is 5.03. The highest BCUT2D eigenvalue weighted by Crippen LogP contribution is 2.31. The zero-order chi connectivity index (χ0) is 24.6. The number of fused-ring (bicyclic) bond motifs is 3. The van der Waals surface area contributed by atoms with Crippen molar-refractivity contribution < 1.29 is 0 Å². The number of hydrogen-bond donors (Lipinski definition) is 0. The summed E-state index contributed by atoms with van der Waals surface area (Å²) >= 11 is 0. The standard InChI is InChI=1S/C32H21N5/c1-2-9-22(10-3-1)25-12-6-13-26(34-25)27-14-7-15-28(35-27)29-16-8-18-32(36-29)37-30-17-5-4-11-23(30)24-19-20-33-21-31(24)37/h1-21H. The molecule has 0 unspecified atom stereocenters. The second-order valence-electron chi connectivity index (χ2n) is 8.81. The minimum absolute atomic E-state index is 0.796. The molecule has 0 aliphatic carbocycles. The number of nitrogens with zero attached hydrogens (tertiary/aromatic N) is 5. The van der Waals surface area contributed by atoms with Gasteiger partial charge in [0, 0.05) is 22.5 Å². The van der Waals surface area contributed by atoms with Gasteiger partial charge in [-0.25, -0.2) is 15.0 Å². The van der Waals surface area contributed by atoms with Gasteiger partial charge < -0.3 is 0 Å². The Morgan fingerprint density at radius 3 is 1.81 bits per heavy atom. The van der Waals surface area contributed by atoms with Crippen molar-refractivity contribution in [2.45, 2.75) is 0 Å². The van der Waals surface area contributed by atoms with Crippen LogP contribution in [0.25, 0.3) is 61.7 Å². The van der Waals surface area contributed by atoms with Crippen LogP contribution in [-0.2, 0) is 0 Å². The summed E-state index contributed by atoms with van der Waals surface area (Å²) in [6.07, 6.45) is 3.73. The average Bonchev–Trinajstić information content (AvgIpc) is 3.32. The lowest BCUT2D eigenvalue weighted by Crippen LogP contribution is -1.99. The Morgan fingerprint density at radius 2 is 1.03 bits per heavy atom. The van der Waals surface area contributed by atoms with E-state index in [2.05, 4.69) is 52.0 Å². The summed E-state index contributed by atoms with van der Waals surface area (Å²) in [5.74, 6) is 0.827. The Labute approximate surface area is 213 Å². The molecule has 5 aromatic heterocycles. The molecule has 0 amide bonds. The highest BCUT2D eigenvalue weighted by Gasteiger charge is 2.14. The predicted octanol–water partition coefficient (Wildman–Crippen LogP) is 7.36. The van der Waals surface area contributed by atoms with Crippen LogP contribution in [0.2, 0.25) is 0 Å². The Balaban J connectivity index is 1.32. The first-order valence-corrected chi connectivity index (χ1v) is 12.2. The van der Waals surface area contributed by atoms with Crippen LogP contribution in [0.4, 0.5) is 0 Å². The van der Waals surface area contributed by atoms with Gasteiger partial charge in [0.1, 0.15) is 5.82 Å². The molecule has 0 saturated heterocycles. The molecule has 5 nitrogen and oxygen atoms in total. The monoisotopic (exact) mass is 475 g/mol. The molecule has 0 saturated carbocycles. The molecular formula is C32H21N5. The van der Waals surface area contributed by atoms with Crippen molar-refractivity contribution in [2.24, 2.45) is 0 Å². The van der Waals surface area contributed by atoms with Crippen molar-refractivity contribution in [1.29, 1.82) is 0 Å². The Morgan fingerprint density at radius 1 is 0.432 bits per heavy atom. The zero-order valence-electron chi connectivity index (χ0n) is 19.9. The van der Waals surface area contributed by atoms with Gasteiger partial charge >= 0.3 is 0 Å². The number of rotatable bonds is 4. The fourth-order valence-electron chi connectivity index (χ4n) is 4.82. The largest absolute Gasteiger partial charge is 0.292 e. The fourth-order valence-corrected chi connectivity index (χ4v) is 4.82. The van der Waals surface area contributed by atoms with Gasteiger partial charge in [0.05, 0.1) is 45.7 Å². The number of hydrogen-bond acceptors (Lipinski definition) is 4. The van der Waals surface area contributed by atoms with Crippen molar-refractivity contribution in [3.8, 4) is 39.9 Å². The lowest BCUT2D eigenvalue weighted by molar-refractivity contribution is 1.07. The Hall–Kier alpha value is -5.16. The maximum atomic E-state index is 5.04. The van der Waals surface area contributed by atoms with Crippen molar-refractivity contribution >= 4 is 21.8 Å². The minimum Gasteiger partial charge on any atom is -0.292 e. The SMILES string of the molecule is c1ccc(-c2cccc(-c3cccc(-c4cccc(-n5c6ccccc6c6ccncc65)n4)n3)n2)cc1. The molecule has 0 atom stereocenters. The molecular weight excluding hydrogens is 454 g/mol. The van der Waals surface area contributed by atoms with E-state index in [-0.39, 0.29) is 0 Å². The fraction of sp³-hybridized carbons (Fsp3) is 0. The molecule has 0 fully saturated rings. The van der Waals surface area contributed by atoms with E-state index in [0.717, 1.165) is 56.3 Å². The van der Waals surface area contributed by atoms with Gasteiger partial charge in [-0.3, -0.25) is 9.55 Å². The van der Waals surface area contributed by atoms with Crippen LogP contribution >= 0.6 is 0 Å². The highest BCUT2D eigenvalue weighted by molar-refractivity contribution is 6.08. The first-order chi connectivity index (χ1) is 18.3. The third-order valence-corrected chi connectivity index (χ3v) is 6.53. The third kappa shape index (κ3) is 3.74. The summed E-state index contributed by atoms with van der Waals surface area (Å²) in [5.41, 5.74) is 7.35. The Bertz CT molecular complexity index is 1840. The summed E-state index contributed by atoms with van der Waals surface area (Å²) in [6, 6.07) is 38.7. The van der Waals surface area contributed by atoms with E-state index >= 15 is 0 Å². The first kappa shape index (κ1) is 21.1. The first-order valence-electron chi connectivity index (χ1n) is 12.2. The van der Waals surface area contributed by atoms with Crippen LogP contribution < -0.4 is 0 Å². The minimum atomic E-state index is 0.796. The summed E-state index contributed by atoms with van der Waals surface area (Å²) in [6.45, 7) is 0. The van der Waals surface area contributed by atoms with Crippen molar-refractivity contribution in [1.82, 2.24) is 24.5 Å². The van der Waals surface area contributed by atoms with E-state index in [9.17, 15) is 0 Å². The van der Waals surface area contributed by atoms with E-state index in [1.165, 1.54) is 5.39 Å². The van der Waals surface area contributed by atoms with E-state index in [1.54, 1.807) is 0 Å². The average molecular weight is 476 g/mol. The van der Waals surface area contributed by atoms with Gasteiger partial charge in [-0.1, -0.05) is 66.7 Å². The summed E-state index contributed by atoms with van der Waals surface area (Å²) in [7, 11) is 0. The van der Waals surface area contributed by atoms with Gasteiger partial charge in [-0.15, -0.1) is 0 Å². The van der Waals surface area contributed by atoms with E-state index in [1.807, 2.05) is 85.2 Å². The van der Waals surface area contributed by atoms with E-state index in [4.69, 9.17) is 15.0 Å². The molecule has 0 bridgehead atoms. The molecule has 0 spiro atoms. The number of benzene rings is 2. The smallest absolute Gasteiger partial charge is 0.138 e. The lowest BCUT2D eigenvalue weighted by Gasteiger charge is -2.10. The van der Waals surface area contributed by atoms with Crippen LogP contribution in [0.15, 0.2) is 128 Å². The second-order valence-corrected chi connectivity index (χ2v) is 8.81. The molecule has 5 heteroatoms. The molecule has 174 valence electrons. The summed E-state index contributed by atoms with van der Waals surface area (Å²) in [5, 5.41) is 2.33. The normalized spacial score (nSPS) is 11.2. The third-order valence-electron chi connectivity index (χ3n) is 6.53. The van der Waals surface area contributed by atoms with Crippen LogP contribution in [0.5, 0.6) is 0 Å². The summed E-state index contributed by atoms with van der Waals surface area (Å²) < 4.78 is 2.16. The van der Waals surface area contributed by atoms with Gasteiger partial charge in [-0.05, 0) is 48.5 Å². The maximum absolute atomic E-state index is 5.04. The lowest BCUT2D eigenvalue weighted by atomic mass is 10.1. The molecule has 37 heavy (non-hydrogen) atoms. The molecule has 0 aliphatic rings.